The molecule has 5 heteroatoms. The number of rotatable bonds is 5. The van der Waals surface area contributed by atoms with Crippen LogP contribution in [0.15, 0.2) is 42.5 Å². The molecule has 2 aromatic rings. The van der Waals surface area contributed by atoms with Crippen molar-refractivity contribution in [3.05, 3.63) is 58.6 Å². The van der Waals surface area contributed by atoms with E-state index in [1.807, 2.05) is 36.4 Å². The summed E-state index contributed by atoms with van der Waals surface area (Å²) in [4.78, 5) is 12.5. The first-order valence-corrected chi connectivity index (χ1v) is 8.84. The molecule has 0 aromatic heterocycles. The fourth-order valence-corrected chi connectivity index (χ4v) is 3.13. The van der Waals surface area contributed by atoms with Crippen molar-refractivity contribution in [1.82, 2.24) is 5.32 Å². The standard InChI is InChI=1S/C20H22ClNO3/c1-13(2)20(15-7-8-17-18(11-15)25-10-9-24-17)22-19(23)12-14-5-3-4-6-16(14)21/h3-8,11,13,20H,9-10,12H2,1-2H3,(H,22,23)/t20-/m0/s1. The van der Waals surface area contributed by atoms with Crippen molar-refractivity contribution in [3.63, 3.8) is 0 Å². The second kappa shape index (κ2) is 7.79. The summed E-state index contributed by atoms with van der Waals surface area (Å²) in [6.07, 6.45) is 0.257. The van der Waals surface area contributed by atoms with Crippen LogP contribution in [-0.4, -0.2) is 19.1 Å². The van der Waals surface area contributed by atoms with Gasteiger partial charge >= 0.3 is 0 Å². The number of hydrogen-bond acceptors (Lipinski definition) is 3. The van der Waals surface area contributed by atoms with Crippen LogP contribution in [0.5, 0.6) is 11.5 Å². The zero-order valence-corrected chi connectivity index (χ0v) is 15.2. The minimum Gasteiger partial charge on any atom is -0.486 e. The highest BCUT2D eigenvalue weighted by Crippen LogP contribution is 2.34. The fourth-order valence-electron chi connectivity index (χ4n) is 2.93. The summed E-state index contributed by atoms with van der Waals surface area (Å²) < 4.78 is 11.2. The number of amides is 1. The average molecular weight is 360 g/mol. The summed E-state index contributed by atoms with van der Waals surface area (Å²) >= 11 is 6.15. The minimum absolute atomic E-state index is 0.0540. The van der Waals surface area contributed by atoms with Crippen LogP contribution in [0.25, 0.3) is 0 Å². The average Bonchev–Trinajstić information content (AvgIpc) is 2.61. The van der Waals surface area contributed by atoms with Crippen LogP contribution in [-0.2, 0) is 11.2 Å². The molecule has 1 atom stereocenters. The van der Waals surface area contributed by atoms with E-state index >= 15 is 0 Å². The Morgan fingerprint density at radius 1 is 1.12 bits per heavy atom. The van der Waals surface area contributed by atoms with E-state index in [2.05, 4.69) is 19.2 Å². The highest BCUT2D eigenvalue weighted by Gasteiger charge is 2.21. The van der Waals surface area contributed by atoms with Crippen LogP contribution >= 0.6 is 11.6 Å². The molecule has 0 bridgehead atoms. The predicted molar refractivity (Wildman–Crippen MR) is 98.3 cm³/mol. The molecule has 132 valence electrons. The molecule has 1 heterocycles. The van der Waals surface area contributed by atoms with Gasteiger partial charge in [0.05, 0.1) is 12.5 Å². The van der Waals surface area contributed by atoms with Crippen molar-refractivity contribution in [2.24, 2.45) is 5.92 Å². The highest BCUT2D eigenvalue weighted by molar-refractivity contribution is 6.31. The summed E-state index contributed by atoms with van der Waals surface area (Å²) in [5.74, 6) is 1.66. The Morgan fingerprint density at radius 3 is 2.56 bits per heavy atom. The van der Waals surface area contributed by atoms with Gasteiger partial charge in [-0.25, -0.2) is 0 Å². The Bertz CT molecular complexity index is 760. The molecule has 0 saturated heterocycles. The first-order valence-electron chi connectivity index (χ1n) is 8.47. The van der Waals surface area contributed by atoms with Crippen molar-refractivity contribution in [2.75, 3.05) is 13.2 Å². The molecule has 0 radical (unpaired) electrons. The molecule has 0 aliphatic carbocycles. The van der Waals surface area contributed by atoms with Gasteiger partial charge < -0.3 is 14.8 Å². The lowest BCUT2D eigenvalue weighted by molar-refractivity contribution is -0.121. The van der Waals surface area contributed by atoms with Crippen molar-refractivity contribution in [2.45, 2.75) is 26.3 Å². The number of hydrogen-bond donors (Lipinski definition) is 1. The van der Waals surface area contributed by atoms with Gasteiger partial charge in [-0.3, -0.25) is 4.79 Å². The lowest BCUT2D eigenvalue weighted by Crippen LogP contribution is -2.33. The van der Waals surface area contributed by atoms with Crippen LogP contribution in [0.2, 0.25) is 5.02 Å². The van der Waals surface area contributed by atoms with Gasteiger partial charge in [0.25, 0.3) is 0 Å². The van der Waals surface area contributed by atoms with Gasteiger partial charge in [0.15, 0.2) is 11.5 Å². The van der Waals surface area contributed by atoms with Crippen LogP contribution in [0.4, 0.5) is 0 Å². The summed E-state index contributed by atoms with van der Waals surface area (Å²) in [6.45, 7) is 5.27. The molecule has 3 rings (SSSR count). The van der Waals surface area contributed by atoms with Crippen LogP contribution < -0.4 is 14.8 Å². The van der Waals surface area contributed by atoms with Crippen molar-refractivity contribution >= 4 is 17.5 Å². The van der Waals surface area contributed by atoms with Crippen molar-refractivity contribution in [1.29, 1.82) is 0 Å². The van der Waals surface area contributed by atoms with E-state index in [0.29, 0.717) is 18.2 Å². The van der Waals surface area contributed by atoms with Gasteiger partial charge in [-0.15, -0.1) is 0 Å². The molecule has 0 unspecified atom stereocenters. The summed E-state index contributed by atoms with van der Waals surface area (Å²) in [7, 11) is 0. The Labute approximate surface area is 153 Å². The number of benzene rings is 2. The molecule has 1 N–H and O–H groups in total. The molecule has 4 nitrogen and oxygen atoms in total. The van der Waals surface area contributed by atoms with E-state index in [-0.39, 0.29) is 24.3 Å². The number of ether oxygens (including phenoxy) is 2. The number of nitrogens with one attached hydrogen (secondary N) is 1. The van der Waals surface area contributed by atoms with Gasteiger partial charge in [-0.1, -0.05) is 49.7 Å². The minimum atomic E-state index is -0.106. The number of fused-ring (bicyclic) bond motifs is 1. The van der Waals surface area contributed by atoms with Crippen molar-refractivity contribution in [3.8, 4) is 11.5 Å². The van der Waals surface area contributed by atoms with E-state index in [4.69, 9.17) is 21.1 Å². The maximum absolute atomic E-state index is 12.5. The van der Waals surface area contributed by atoms with Crippen LogP contribution in [0, 0.1) is 5.92 Å². The van der Waals surface area contributed by atoms with Crippen molar-refractivity contribution < 1.29 is 14.3 Å². The topological polar surface area (TPSA) is 47.6 Å². The third-order valence-corrected chi connectivity index (χ3v) is 4.59. The Kier molecular flexibility index (Phi) is 5.49. The van der Waals surface area contributed by atoms with Gasteiger partial charge in [-0.05, 0) is 35.2 Å². The van der Waals surface area contributed by atoms with Gasteiger partial charge in [0.2, 0.25) is 5.91 Å². The summed E-state index contributed by atoms with van der Waals surface area (Å²) in [6, 6.07) is 13.1. The SMILES string of the molecule is CC(C)[C@H](NC(=O)Cc1ccccc1Cl)c1ccc2c(c1)OCCO2. The van der Waals surface area contributed by atoms with Gasteiger partial charge in [0.1, 0.15) is 13.2 Å². The smallest absolute Gasteiger partial charge is 0.224 e. The molecule has 0 fully saturated rings. The second-order valence-electron chi connectivity index (χ2n) is 6.46. The lowest BCUT2D eigenvalue weighted by Gasteiger charge is -2.25. The third-order valence-electron chi connectivity index (χ3n) is 4.22. The molecule has 1 aliphatic heterocycles. The molecule has 25 heavy (non-hydrogen) atoms. The molecular weight excluding hydrogens is 338 g/mol. The normalized spacial score (nSPS) is 14.2. The van der Waals surface area contributed by atoms with E-state index in [1.54, 1.807) is 6.07 Å². The lowest BCUT2D eigenvalue weighted by atomic mass is 9.95. The number of carbonyl (C=O) groups is 1. The zero-order chi connectivity index (χ0) is 17.8. The van der Waals surface area contributed by atoms with E-state index < -0.39 is 0 Å². The van der Waals surface area contributed by atoms with E-state index in [9.17, 15) is 4.79 Å². The molecule has 1 aliphatic rings. The zero-order valence-electron chi connectivity index (χ0n) is 14.4. The molecule has 1 amide bonds. The maximum atomic E-state index is 12.5. The quantitative estimate of drug-likeness (QED) is 0.871. The van der Waals surface area contributed by atoms with E-state index in [1.165, 1.54) is 0 Å². The Balaban J connectivity index is 1.75. The Hall–Kier alpha value is -2.20. The first-order chi connectivity index (χ1) is 12.0. The number of halogens is 1. The summed E-state index contributed by atoms with van der Waals surface area (Å²) in [5.41, 5.74) is 1.83. The molecule has 0 spiro atoms. The molecule has 2 aromatic carbocycles. The third kappa shape index (κ3) is 4.26. The van der Waals surface area contributed by atoms with Gasteiger partial charge in [0, 0.05) is 5.02 Å². The maximum Gasteiger partial charge on any atom is 0.224 e. The fraction of sp³-hybridized carbons (Fsp3) is 0.350. The van der Waals surface area contributed by atoms with Gasteiger partial charge in [-0.2, -0.15) is 0 Å². The van der Waals surface area contributed by atoms with Crippen LogP contribution in [0.1, 0.15) is 31.0 Å². The van der Waals surface area contributed by atoms with E-state index in [0.717, 1.165) is 22.6 Å². The predicted octanol–water partition coefficient (Wildman–Crippen LogP) is 4.17. The second-order valence-corrected chi connectivity index (χ2v) is 6.87. The molecule has 0 saturated carbocycles. The molecular formula is C20H22ClNO3. The summed E-state index contributed by atoms with van der Waals surface area (Å²) in [5, 5.41) is 3.73. The monoisotopic (exact) mass is 359 g/mol. The largest absolute Gasteiger partial charge is 0.486 e. The highest BCUT2D eigenvalue weighted by atomic mass is 35.5. The Morgan fingerprint density at radius 2 is 1.84 bits per heavy atom. The first kappa shape index (κ1) is 17.6. The number of carbonyl (C=O) groups excluding carboxylic acids is 1. The van der Waals surface area contributed by atoms with Crippen LogP contribution in [0.3, 0.4) is 0 Å².